The van der Waals surface area contributed by atoms with E-state index in [1.54, 1.807) is 17.4 Å². The van der Waals surface area contributed by atoms with Gasteiger partial charge in [0, 0.05) is 24.4 Å². The van der Waals surface area contributed by atoms with Crippen LogP contribution in [0.3, 0.4) is 0 Å². The fraction of sp³-hybridized carbons (Fsp3) is 0.357. The van der Waals surface area contributed by atoms with Gasteiger partial charge in [-0.1, -0.05) is 32.0 Å². The predicted molar refractivity (Wildman–Crippen MR) is 73.3 cm³/mol. The van der Waals surface area contributed by atoms with E-state index in [4.69, 9.17) is 0 Å². The van der Waals surface area contributed by atoms with Crippen LogP contribution in [0.2, 0.25) is 0 Å². The van der Waals surface area contributed by atoms with Gasteiger partial charge in [-0.25, -0.2) is 9.37 Å². The molecule has 1 N–H and O–H groups in total. The van der Waals surface area contributed by atoms with Crippen molar-refractivity contribution in [3.05, 3.63) is 51.7 Å². The van der Waals surface area contributed by atoms with Gasteiger partial charge in [0.1, 0.15) is 5.82 Å². The lowest BCUT2D eigenvalue weighted by Crippen LogP contribution is -2.21. The van der Waals surface area contributed by atoms with Gasteiger partial charge in [-0.2, -0.15) is 0 Å². The molecule has 0 spiro atoms. The van der Waals surface area contributed by atoms with Crippen molar-refractivity contribution in [1.82, 2.24) is 10.3 Å². The van der Waals surface area contributed by atoms with E-state index in [-0.39, 0.29) is 5.82 Å². The van der Waals surface area contributed by atoms with Gasteiger partial charge in [-0.3, -0.25) is 0 Å². The SMILES string of the molecule is CC(C)NCc1csc(Cc2ccccc2F)n1. The zero-order valence-electron chi connectivity index (χ0n) is 10.6. The highest BCUT2D eigenvalue weighted by Gasteiger charge is 2.06. The highest BCUT2D eigenvalue weighted by Crippen LogP contribution is 2.16. The fourth-order valence-electron chi connectivity index (χ4n) is 1.62. The average molecular weight is 264 g/mol. The van der Waals surface area contributed by atoms with Crippen molar-refractivity contribution in [2.24, 2.45) is 0 Å². The van der Waals surface area contributed by atoms with E-state index in [0.717, 1.165) is 17.2 Å². The lowest BCUT2D eigenvalue weighted by atomic mass is 10.1. The number of hydrogen-bond acceptors (Lipinski definition) is 3. The maximum Gasteiger partial charge on any atom is 0.126 e. The Labute approximate surface area is 111 Å². The molecule has 0 fully saturated rings. The van der Waals surface area contributed by atoms with Crippen molar-refractivity contribution in [1.29, 1.82) is 0 Å². The van der Waals surface area contributed by atoms with Crippen LogP contribution in [0.5, 0.6) is 0 Å². The van der Waals surface area contributed by atoms with Crippen LogP contribution in [-0.4, -0.2) is 11.0 Å². The largest absolute Gasteiger partial charge is 0.309 e. The van der Waals surface area contributed by atoms with Crippen LogP contribution in [0, 0.1) is 5.82 Å². The van der Waals surface area contributed by atoms with Crippen molar-refractivity contribution < 1.29 is 4.39 Å². The molecule has 0 saturated heterocycles. The van der Waals surface area contributed by atoms with Gasteiger partial charge < -0.3 is 5.32 Å². The Hall–Kier alpha value is -1.26. The first-order chi connectivity index (χ1) is 8.65. The molecule has 0 saturated carbocycles. The van der Waals surface area contributed by atoms with E-state index in [0.29, 0.717) is 18.0 Å². The molecule has 0 bridgehead atoms. The molecule has 1 heterocycles. The van der Waals surface area contributed by atoms with Crippen LogP contribution in [-0.2, 0) is 13.0 Å². The molecule has 0 amide bonds. The summed E-state index contributed by atoms with van der Waals surface area (Å²) in [5, 5.41) is 6.31. The maximum absolute atomic E-state index is 13.5. The summed E-state index contributed by atoms with van der Waals surface area (Å²) in [6.07, 6.45) is 0.568. The van der Waals surface area contributed by atoms with Crippen LogP contribution in [0.25, 0.3) is 0 Å². The standard InChI is InChI=1S/C14H17FN2S/c1-10(2)16-8-12-9-18-14(17-12)7-11-5-3-4-6-13(11)15/h3-6,9-10,16H,7-8H2,1-2H3. The molecule has 18 heavy (non-hydrogen) atoms. The number of rotatable bonds is 5. The monoisotopic (exact) mass is 264 g/mol. The fourth-order valence-corrected chi connectivity index (χ4v) is 2.44. The van der Waals surface area contributed by atoms with Gasteiger partial charge in [-0.05, 0) is 11.6 Å². The van der Waals surface area contributed by atoms with Crippen LogP contribution in [0.15, 0.2) is 29.6 Å². The predicted octanol–water partition coefficient (Wildman–Crippen LogP) is 3.37. The lowest BCUT2D eigenvalue weighted by molar-refractivity contribution is 0.582. The molecule has 1 aromatic carbocycles. The number of halogens is 1. The Morgan fingerprint density at radius 2 is 2.11 bits per heavy atom. The van der Waals surface area contributed by atoms with E-state index < -0.39 is 0 Å². The second-order valence-corrected chi connectivity index (χ2v) is 5.48. The third-order valence-corrected chi connectivity index (χ3v) is 3.49. The number of nitrogens with zero attached hydrogens (tertiary/aromatic N) is 1. The van der Waals surface area contributed by atoms with Crippen LogP contribution >= 0.6 is 11.3 Å². The number of benzene rings is 1. The molecule has 2 aromatic rings. The topological polar surface area (TPSA) is 24.9 Å². The summed E-state index contributed by atoms with van der Waals surface area (Å²) in [5.41, 5.74) is 1.73. The van der Waals surface area contributed by atoms with Crippen molar-refractivity contribution >= 4 is 11.3 Å². The van der Waals surface area contributed by atoms with Gasteiger partial charge in [0.15, 0.2) is 0 Å². The third kappa shape index (κ3) is 3.62. The maximum atomic E-state index is 13.5. The van der Waals surface area contributed by atoms with E-state index in [1.807, 2.05) is 17.5 Å². The Morgan fingerprint density at radius 1 is 1.33 bits per heavy atom. The Morgan fingerprint density at radius 3 is 2.83 bits per heavy atom. The smallest absolute Gasteiger partial charge is 0.126 e. The Bertz CT molecular complexity index is 508. The van der Waals surface area contributed by atoms with Gasteiger partial charge in [0.2, 0.25) is 0 Å². The zero-order chi connectivity index (χ0) is 13.0. The molecule has 2 rings (SSSR count). The summed E-state index contributed by atoms with van der Waals surface area (Å²) >= 11 is 1.59. The van der Waals surface area contributed by atoms with Crippen LogP contribution in [0.1, 0.15) is 30.1 Å². The lowest BCUT2D eigenvalue weighted by Gasteiger charge is -2.04. The normalized spacial score (nSPS) is 11.1. The number of aromatic nitrogens is 1. The zero-order valence-corrected chi connectivity index (χ0v) is 11.4. The summed E-state index contributed by atoms with van der Waals surface area (Å²) in [6, 6.07) is 7.31. The number of hydrogen-bond donors (Lipinski definition) is 1. The van der Waals surface area contributed by atoms with Crippen molar-refractivity contribution in [3.8, 4) is 0 Å². The molecule has 0 unspecified atom stereocenters. The van der Waals surface area contributed by atoms with Gasteiger partial charge in [0.05, 0.1) is 10.7 Å². The summed E-state index contributed by atoms with van der Waals surface area (Å²) in [5.74, 6) is -0.158. The first-order valence-electron chi connectivity index (χ1n) is 6.05. The second-order valence-electron chi connectivity index (χ2n) is 4.54. The van der Waals surface area contributed by atoms with Crippen molar-refractivity contribution in [2.75, 3.05) is 0 Å². The molecule has 0 atom stereocenters. The second kappa shape index (κ2) is 6.07. The van der Waals surface area contributed by atoms with Crippen molar-refractivity contribution in [3.63, 3.8) is 0 Å². The average Bonchev–Trinajstić information content (AvgIpc) is 2.77. The summed E-state index contributed by atoms with van der Waals surface area (Å²) in [6.45, 7) is 4.98. The molecule has 0 aliphatic heterocycles. The Balaban J connectivity index is 2.00. The molecule has 2 nitrogen and oxygen atoms in total. The minimum absolute atomic E-state index is 0.158. The van der Waals surface area contributed by atoms with E-state index >= 15 is 0 Å². The highest BCUT2D eigenvalue weighted by molar-refractivity contribution is 7.09. The first kappa shape index (κ1) is 13.2. The number of thiazole rings is 1. The summed E-state index contributed by atoms with van der Waals surface area (Å²) < 4.78 is 13.5. The van der Waals surface area contributed by atoms with Gasteiger partial charge in [-0.15, -0.1) is 11.3 Å². The van der Waals surface area contributed by atoms with Gasteiger partial charge in [0.25, 0.3) is 0 Å². The summed E-state index contributed by atoms with van der Waals surface area (Å²) in [4.78, 5) is 4.51. The molecular weight excluding hydrogens is 247 g/mol. The molecule has 0 aliphatic rings. The van der Waals surface area contributed by atoms with Crippen LogP contribution in [0.4, 0.5) is 4.39 Å². The minimum atomic E-state index is -0.158. The Kier molecular flexibility index (Phi) is 4.44. The minimum Gasteiger partial charge on any atom is -0.309 e. The first-order valence-corrected chi connectivity index (χ1v) is 6.93. The van der Waals surface area contributed by atoms with Gasteiger partial charge >= 0.3 is 0 Å². The van der Waals surface area contributed by atoms with E-state index in [1.165, 1.54) is 6.07 Å². The third-order valence-electron chi connectivity index (χ3n) is 2.59. The number of nitrogens with one attached hydrogen (secondary N) is 1. The molecule has 0 aliphatic carbocycles. The molecule has 96 valence electrons. The molecule has 1 aromatic heterocycles. The van der Waals surface area contributed by atoms with E-state index in [2.05, 4.69) is 24.1 Å². The molecule has 0 radical (unpaired) electrons. The van der Waals surface area contributed by atoms with E-state index in [9.17, 15) is 4.39 Å². The molecule has 4 heteroatoms. The van der Waals surface area contributed by atoms with Crippen molar-refractivity contribution in [2.45, 2.75) is 32.9 Å². The summed E-state index contributed by atoms with van der Waals surface area (Å²) in [7, 11) is 0. The highest BCUT2D eigenvalue weighted by atomic mass is 32.1. The quantitative estimate of drug-likeness (QED) is 0.895. The van der Waals surface area contributed by atoms with Crippen LogP contribution < -0.4 is 5.32 Å². The molecular formula is C14H17FN2S.